The standard InChI is InChI=1S/C8H18N4O3S/c1-7-2-4-12(5-3-7)16(14,15)10-6-8(9)11-13/h7,10,13H,2-6H2,1H3,(H2,9,11). The first-order valence-electron chi connectivity index (χ1n) is 5.17. The van der Waals surface area contributed by atoms with Gasteiger partial charge in [0.05, 0.1) is 6.54 Å². The Labute approximate surface area is 95.5 Å². The molecule has 1 heterocycles. The fourth-order valence-electron chi connectivity index (χ4n) is 1.52. The van der Waals surface area contributed by atoms with Crippen LogP contribution in [-0.2, 0) is 10.2 Å². The summed E-state index contributed by atoms with van der Waals surface area (Å²) in [6.45, 7) is 2.97. The third-order valence-corrected chi connectivity index (χ3v) is 4.20. The van der Waals surface area contributed by atoms with Gasteiger partial charge in [-0.2, -0.15) is 17.4 Å². The second kappa shape index (κ2) is 5.46. The zero-order valence-electron chi connectivity index (χ0n) is 9.26. The zero-order chi connectivity index (χ0) is 12.2. The highest BCUT2D eigenvalue weighted by atomic mass is 32.2. The van der Waals surface area contributed by atoms with E-state index in [1.54, 1.807) is 0 Å². The van der Waals surface area contributed by atoms with Crippen LogP contribution in [0.15, 0.2) is 5.16 Å². The monoisotopic (exact) mass is 250 g/mol. The van der Waals surface area contributed by atoms with Gasteiger partial charge in [0.2, 0.25) is 0 Å². The van der Waals surface area contributed by atoms with Gasteiger partial charge in [0, 0.05) is 13.1 Å². The van der Waals surface area contributed by atoms with E-state index in [2.05, 4.69) is 16.8 Å². The van der Waals surface area contributed by atoms with Crippen LogP contribution in [0.1, 0.15) is 19.8 Å². The van der Waals surface area contributed by atoms with Crippen LogP contribution in [0.4, 0.5) is 0 Å². The van der Waals surface area contributed by atoms with Crippen LogP contribution < -0.4 is 10.5 Å². The lowest BCUT2D eigenvalue weighted by atomic mass is 10.0. The molecule has 1 aliphatic rings. The Balaban J connectivity index is 2.51. The van der Waals surface area contributed by atoms with Crippen LogP contribution in [-0.4, -0.2) is 43.4 Å². The lowest BCUT2D eigenvalue weighted by molar-refractivity contribution is 0.285. The molecule has 1 saturated heterocycles. The Hall–Kier alpha value is -0.860. The molecule has 1 rings (SSSR count). The minimum atomic E-state index is -3.50. The second-order valence-electron chi connectivity index (χ2n) is 4.00. The quantitative estimate of drug-likeness (QED) is 0.265. The van der Waals surface area contributed by atoms with E-state index in [0.29, 0.717) is 19.0 Å². The predicted molar refractivity (Wildman–Crippen MR) is 60.3 cm³/mol. The van der Waals surface area contributed by atoms with Crippen LogP contribution in [0.2, 0.25) is 0 Å². The number of hydrogen-bond acceptors (Lipinski definition) is 4. The fourth-order valence-corrected chi connectivity index (χ4v) is 2.72. The van der Waals surface area contributed by atoms with Crippen molar-refractivity contribution in [3.63, 3.8) is 0 Å². The Morgan fingerprint density at radius 2 is 2.12 bits per heavy atom. The lowest BCUT2D eigenvalue weighted by Crippen LogP contribution is -2.46. The molecule has 7 nitrogen and oxygen atoms in total. The summed E-state index contributed by atoms with van der Waals surface area (Å²) < 4.78 is 27.1. The molecule has 0 saturated carbocycles. The molecule has 4 N–H and O–H groups in total. The van der Waals surface area contributed by atoms with E-state index >= 15 is 0 Å². The van der Waals surface area contributed by atoms with E-state index < -0.39 is 10.2 Å². The normalized spacial score (nSPS) is 21.2. The predicted octanol–water partition coefficient (Wildman–Crippen LogP) is -0.701. The summed E-state index contributed by atoms with van der Waals surface area (Å²) in [4.78, 5) is 0. The number of nitrogens with zero attached hydrogens (tertiary/aromatic N) is 2. The second-order valence-corrected chi connectivity index (χ2v) is 5.75. The first-order valence-corrected chi connectivity index (χ1v) is 6.61. The maximum Gasteiger partial charge on any atom is 0.279 e. The summed E-state index contributed by atoms with van der Waals surface area (Å²) in [5.41, 5.74) is 5.19. The topological polar surface area (TPSA) is 108 Å². The smallest absolute Gasteiger partial charge is 0.279 e. The molecule has 0 aliphatic carbocycles. The lowest BCUT2D eigenvalue weighted by Gasteiger charge is -2.29. The van der Waals surface area contributed by atoms with Crippen molar-refractivity contribution in [3.8, 4) is 0 Å². The van der Waals surface area contributed by atoms with Crippen molar-refractivity contribution in [1.29, 1.82) is 0 Å². The van der Waals surface area contributed by atoms with E-state index in [0.717, 1.165) is 12.8 Å². The van der Waals surface area contributed by atoms with Crippen LogP contribution in [0.25, 0.3) is 0 Å². The highest BCUT2D eigenvalue weighted by Gasteiger charge is 2.25. The van der Waals surface area contributed by atoms with Gasteiger partial charge in [0.1, 0.15) is 0 Å². The van der Waals surface area contributed by atoms with Gasteiger partial charge in [-0.05, 0) is 18.8 Å². The first-order chi connectivity index (χ1) is 7.45. The Morgan fingerprint density at radius 3 is 2.62 bits per heavy atom. The minimum Gasteiger partial charge on any atom is -0.409 e. The number of amidine groups is 1. The Morgan fingerprint density at radius 1 is 1.56 bits per heavy atom. The fraction of sp³-hybridized carbons (Fsp3) is 0.875. The molecule has 0 radical (unpaired) electrons. The van der Waals surface area contributed by atoms with Crippen LogP contribution in [0.5, 0.6) is 0 Å². The van der Waals surface area contributed by atoms with Gasteiger partial charge in [-0.15, -0.1) is 0 Å². The van der Waals surface area contributed by atoms with Gasteiger partial charge >= 0.3 is 0 Å². The average Bonchev–Trinajstić information content (AvgIpc) is 2.26. The van der Waals surface area contributed by atoms with E-state index in [1.165, 1.54) is 4.31 Å². The SMILES string of the molecule is CC1CCN(S(=O)(=O)NC/C(N)=N/O)CC1. The molecule has 1 fully saturated rings. The van der Waals surface area contributed by atoms with Gasteiger partial charge in [0.15, 0.2) is 5.84 Å². The molecule has 0 unspecified atom stereocenters. The van der Waals surface area contributed by atoms with Crippen molar-refractivity contribution < 1.29 is 13.6 Å². The number of nitrogens with two attached hydrogens (primary N) is 1. The van der Waals surface area contributed by atoms with Crippen molar-refractivity contribution in [2.45, 2.75) is 19.8 Å². The molecule has 94 valence electrons. The van der Waals surface area contributed by atoms with Crippen molar-refractivity contribution in [2.75, 3.05) is 19.6 Å². The largest absolute Gasteiger partial charge is 0.409 e. The molecule has 0 aromatic rings. The maximum absolute atomic E-state index is 11.7. The summed E-state index contributed by atoms with van der Waals surface area (Å²) in [5, 5.41) is 11.0. The van der Waals surface area contributed by atoms with Crippen LogP contribution in [0.3, 0.4) is 0 Å². The van der Waals surface area contributed by atoms with Gasteiger partial charge in [-0.1, -0.05) is 12.1 Å². The summed E-state index contributed by atoms with van der Waals surface area (Å²) in [6.07, 6.45) is 1.73. The third kappa shape index (κ3) is 3.62. The molecule has 0 atom stereocenters. The maximum atomic E-state index is 11.7. The average molecular weight is 250 g/mol. The van der Waals surface area contributed by atoms with E-state index in [4.69, 9.17) is 10.9 Å². The van der Waals surface area contributed by atoms with Crippen LogP contribution in [0, 0.1) is 5.92 Å². The van der Waals surface area contributed by atoms with Gasteiger partial charge in [-0.25, -0.2) is 0 Å². The number of rotatable bonds is 4. The number of oxime groups is 1. The summed E-state index contributed by atoms with van der Waals surface area (Å²) in [5.74, 6) is 0.407. The molecule has 0 aromatic carbocycles. The van der Waals surface area contributed by atoms with E-state index in [1.807, 2.05) is 0 Å². The number of piperidine rings is 1. The Kier molecular flexibility index (Phi) is 4.51. The van der Waals surface area contributed by atoms with Gasteiger partial charge in [-0.3, -0.25) is 0 Å². The van der Waals surface area contributed by atoms with Crippen molar-refractivity contribution in [1.82, 2.24) is 9.03 Å². The van der Waals surface area contributed by atoms with Crippen molar-refractivity contribution >= 4 is 16.0 Å². The molecule has 0 aromatic heterocycles. The number of hydrogen-bond donors (Lipinski definition) is 3. The Bertz CT molecular complexity index is 346. The molecule has 1 aliphatic heterocycles. The van der Waals surface area contributed by atoms with Crippen molar-refractivity contribution in [3.05, 3.63) is 0 Å². The number of nitrogens with one attached hydrogen (secondary N) is 1. The highest BCUT2D eigenvalue weighted by molar-refractivity contribution is 7.87. The summed E-state index contributed by atoms with van der Waals surface area (Å²) >= 11 is 0. The highest BCUT2D eigenvalue weighted by Crippen LogP contribution is 2.17. The molecule has 0 amide bonds. The molecule has 16 heavy (non-hydrogen) atoms. The molecular formula is C8H18N4O3S. The summed E-state index contributed by atoms with van der Waals surface area (Å²) in [7, 11) is -3.50. The molecule has 0 spiro atoms. The van der Waals surface area contributed by atoms with Crippen molar-refractivity contribution in [2.24, 2.45) is 16.8 Å². The third-order valence-electron chi connectivity index (χ3n) is 2.65. The molecular weight excluding hydrogens is 232 g/mol. The van der Waals surface area contributed by atoms with Gasteiger partial charge < -0.3 is 10.9 Å². The van der Waals surface area contributed by atoms with E-state index in [-0.39, 0.29) is 12.4 Å². The zero-order valence-corrected chi connectivity index (χ0v) is 10.1. The summed E-state index contributed by atoms with van der Waals surface area (Å²) in [6, 6.07) is 0. The van der Waals surface area contributed by atoms with Gasteiger partial charge in [0.25, 0.3) is 10.2 Å². The first kappa shape index (κ1) is 13.2. The molecule has 8 heteroatoms. The minimum absolute atomic E-state index is 0.158. The molecule has 0 bridgehead atoms. The van der Waals surface area contributed by atoms with E-state index in [9.17, 15) is 8.42 Å². The van der Waals surface area contributed by atoms with Crippen LogP contribution >= 0.6 is 0 Å².